The molecule has 23 heavy (non-hydrogen) atoms. The van der Waals surface area contributed by atoms with Crippen molar-refractivity contribution in [3.05, 3.63) is 11.2 Å². The molecular weight excluding hydrogens is 312 g/mol. The average molecular weight is 338 g/mol. The molecule has 1 saturated heterocycles. The Labute approximate surface area is 141 Å². The molecule has 0 saturated carbocycles. The lowest BCUT2D eigenvalue weighted by atomic mass is 9.94. The predicted molar refractivity (Wildman–Crippen MR) is 92.6 cm³/mol. The molecule has 0 bridgehead atoms. The molecule has 2 N–H and O–H groups in total. The highest BCUT2D eigenvalue weighted by molar-refractivity contribution is 7.15. The summed E-state index contributed by atoms with van der Waals surface area (Å²) in [5, 5.41) is 7.56. The molecule has 0 radical (unpaired) electrons. The van der Waals surface area contributed by atoms with Crippen LogP contribution in [0.2, 0.25) is 0 Å². The minimum Gasteiger partial charge on any atom is -0.338 e. The van der Waals surface area contributed by atoms with E-state index in [4.69, 9.17) is 0 Å². The normalized spacial score (nSPS) is 18.1. The van der Waals surface area contributed by atoms with Crippen LogP contribution in [-0.4, -0.2) is 41.5 Å². The van der Waals surface area contributed by atoms with Crippen LogP contribution < -0.4 is 10.6 Å². The largest absolute Gasteiger partial charge is 0.338 e. The van der Waals surface area contributed by atoms with Gasteiger partial charge in [-0.25, -0.2) is 9.78 Å². The lowest BCUT2D eigenvalue weighted by Crippen LogP contribution is -2.46. The second kappa shape index (κ2) is 8.29. The molecular formula is C16H26N4O2S. The van der Waals surface area contributed by atoms with Gasteiger partial charge in [0.1, 0.15) is 5.00 Å². The molecule has 0 aromatic carbocycles. The van der Waals surface area contributed by atoms with Crippen molar-refractivity contribution in [2.24, 2.45) is 11.8 Å². The summed E-state index contributed by atoms with van der Waals surface area (Å²) in [6.45, 7) is 8.17. The molecule has 2 heterocycles. The Kier molecular flexibility index (Phi) is 6.38. The molecule has 0 aliphatic carbocycles. The highest BCUT2D eigenvalue weighted by atomic mass is 32.1. The van der Waals surface area contributed by atoms with Gasteiger partial charge in [-0.3, -0.25) is 4.79 Å². The number of likely N-dealkylation sites (tertiary alicyclic amines) is 1. The number of nitrogens with zero attached hydrogens (tertiary/aromatic N) is 2. The van der Waals surface area contributed by atoms with E-state index >= 15 is 0 Å². The van der Waals surface area contributed by atoms with Gasteiger partial charge in [0.05, 0.1) is 11.2 Å². The third-order valence-corrected chi connectivity index (χ3v) is 4.65. The van der Waals surface area contributed by atoms with E-state index in [1.54, 1.807) is 6.20 Å². The van der Waals surface area contributed by atoms with E-state index in [1.165, 1.54) is 11.3 Å². The van der Waals surface area contributed by atoms with Gasteiger partial charge in [0.15, 0.2) is 0 Å². The molecule has 1 fully saturated rings. The van der Waals surface area contributed by atoms with E-state index in [-0.39, 0.29) is 17.9 Å². The lowest BCUT2D eigenvalue weighted by Gasteiger charge is -2.32. The van der Waals surface area contributed by atoms with Gasteiger partial charge < -0.3 is 15.5 Å². The fraction of sp³-hybridized carbons (Fsp3) is 0.688. The van der Waals surface area contributed by atoms with Gasteiger partial charge in [-0.2, -0.15) is 0 Å². The summed E-state index contributed by atoms with van der Waals surface area (Å²) in [7, 11) is 0. The highest BCUT2D eigenvalue weighted by Crippen LogP contribution is 2.22. The zero-order chi connectivity index (χ0) is 16.8. The zero-order valence-corrected chi connectivity index (χ0v) is 14.9. The maximum Gasteiger partial charge on any atom is 0.317 e. The number of amides is 3. The first-order chi connectivity index (χ1) is 10.9. The van der Waals surface area contributed by atoms with Crippen LogP contribution in [0.3, 0.4) is 0 Å². The maximum absolute atomic E-state index is 12.1. The summed E-state index contributed by atoms with van der Waals surface area (Å²) in [5.74, 6) is 0.666. The molecule has 1 aromatic rings. The summed E-state index contributed by atoms with van der Waals surface area (Å²) in [6.07, 6.45) is 4.07. The third kappa shape index (κ3) is 5.82. The summed E-state index contributed by atoms with van der Waals surface area (Å²) >= 11 is 1.48. The zero-order valence-electron chi connectivity index (χ0n) is 14.1. The Morgan fingerprint density at radius 1 is 1.48 bits per heavy atom. The van der Waals surface area contributed by atoms with E-state index < -0.39 is 0 Å². The van der Waals surface area contributed by atoms with Gasteiger partial charge >= 0.3 is 6.03 Å². The number of rotatable bonds is 5. The van der Waals surface area contributed by atoms with Crippen molar-refractivity contribution in [3.63, 3.8) is 0 Å². The van der Waals surface area contributed by atoms with Crippen molar-refractivity contribution in [1.29, 1.82) is 0 Å². The Morgan fingerprint density at radius 3 is 2.91 bits per heavy atom. The quantitative estimate of drug-likeness (QED) is 0.867. The van der Waals surface area contributed by atoms with Crippen LogP contribution in [0.1, 0.15) is 38.1 Å². The van der Waals surface area contributed by atoms with Crippen LogP contribution in [-0.2, 0) is 4.79 Å². The van der Waals surface area contributed by atoms with E-state index in [1.807, 2.05) is 11.8 Å². The molecule has 1 aromatic heterocycles. The van der Waals surface area contributed by atoms with Crippen molar-refractivity contribution in [2.75, 3.05) is 25.0 Å². The molecule has 2 rings (SSSR count). The van der Waals surface area contributed by atoms with Crippen LogP contribution in [0, 0.1) is 18.8 Å². The topological polar surface area (TPSA) is 74.3 Å². The van der Waals surface area contributed by atoms with Crippen LogP contribution >= 0.6 is 11.3 Å². The fourth-order valence-electron chi connectivity index (χ4n) is 2.69. The Balaban J connectivity index is 1.79. The molecule has 1 aliphatic rings. The molecule has 128 valence electrons. The van der Waals surface area contributed by atoms with E-state index in [0.29, 0.717) is 25.4 Å². The number of hydrogen-bond acceptors (Lipinski definition) is 4. The first-order valence-electron chi connectivity index (χ1n) is 8.19. The number of piperidine rings is 1. The SMILES string of the molecule is Cc1ncc(NC(=O)CC2CCCN(C(=O)NCC(C)C)C2)s1. The Hall–Kier alpha value is -1.63. The summed E-state index contributed by atoms with van der Waals surface area (Å²) in [5.41, 5.74) is 0. The Morgan fingerprint density at radius 2 is 2.26 bits per heavy atom. The number of thiazole rings is 1. The highest BCUT2D eigenvalue weighted by Gasteiger charge is 2.25. The number of aromatic nitrogens is 1. The van der Waals surface area contributed by atoms with Gasteiger partial charge in [0.2, 0.25) is 5.91 Å². The number of anilines is 1. The predicted octanol–water partition coefficient (Wildman–Crippen LogP) is 2.86. The Bertz CT molecular complexity index is 544. The molecule has 1 atom stereocenters. The molecule has 6 nitrogen and oxygen atoms in total. The van der Waals surface area contributed by atoms with Crippen LogP contribution in [0.5, 0.6) is 0 Å². The molecule has 0 spiro atoms. The monoisotopic (exact) mass is 338 g/mol. The number of nitrogens with one attached hydrogen (secondary N) is 2. The van der Waals surface area contributed by atoms with Gasteiger partial charge in [0, 0.05) is 26.1 Å². The second-order valence-corrected chi connectivity index (χ2v) is 7.76. The third-order valence-electron chi connectivity index (χ3n) is 3.83. The van der Waals surface area contributed by atoms with E-state index in [9.17, 15) is 9.59 Å². The number of hydrogen-bond donors (Lipinski definition) is 2. The van der Waals surface area contributed by atoms with Crippen LogP contribution in [0.4, 0.5) is 9.80 Å². The second-order valence-electron chi connectivity index (χ2n) is 6.53. The number of carbonyl (C=O) groups excluding carboxylic acids is 2. The number of urea groups is 1. The van der Waals surface area contributed by atoms with Crippen molar-refractivity contribution in [2.45, 2.75) is 40.0 Å². The van der Waals surface area contributed by atoms with Gasteiger partial charge in [-0.1, -0.05) is 13.8 Å². The van der Waals surface area contributed by atoms with Crippen LogP contribution in [0.25, 0.3) is 0 Å². The first-order valence-corrected chi connectivity index (χ1v) is 9.00. The van der Waals surface area contributed by atoms with Crippen molar-refractivity contribution in [3.8, 4) is 0 Å². The molecule has 7 heteroatoms. The van der Waals surface area contributed by atoms with Gasteiger partial charge in [-0.05, 0) is 31.6 Å². The van der Waals surface area contributed by atoms with Crippen molar-refractivity contribution < 1.29 is 9.59 Å². The minimum absolute atomic E-state index is 0.00286. The van der Waals surface area contributed by atoms with Crippen LogP contribution in [0.15, 0.2) is 6.20 Å². The van der Waals surface area contributed by atoms with Gasteiger partial charge in [0.25, 0.3) is 0 Å². The number of carbonyl (C=O) groups is 2. The smallest absolute Gasteiger partial charge is 0.317 e. The van der Waals surface area contributed by atoms with Crippen molar-refractivity contribution in [1.82, 2.24) is 15.2 Å². The van der Waals surface area contributed by atoms with E-state index in [0.717, 1.165) is 29.4 Å². The summed E-state index contributed by atoms with van der Waals surface area (Å²) < 4.78 is 0. The maximum atomic E-state index is 12.1. The molecule has 1 aliphatic heterocycles. The average Bonchev–Trinajstić information content (AvgIpc) is 2.89. The van der Waals surface area contributed by atoms with E-state index in [2.05, 4.69) is 29.5 Å². The molecule has 1 unspecified atom stereocenters. The summed E-state index contributed by atoms with van der Waals surface area (Å²) in [4.78, 5) is 30.2. The fourth-order valence-corrected chi connectivity index (χ4v) is 3.38. The summed E-state index contributed by atoms with van der Waals surface area (Å²) in [6, 6.07) is -0.0121. The lowest BCUT2D eigenvalue weighted by molar-refractivity contribution is -0.117. The minimum atomic E-state index is -0.0121. The van der Waals surface area contributed by atoms with Crippen molar-refractivity contribution >= 4 is 28.3 Å². The first kappa shape index (κ1) is 17.7. The molecule has 3 amide bonds. The number of aryl methyl sites for hydroxylation is 1. The van der Waals surface area contributed by atoms with Gasteiger partial charge in [-0.15, -0.1) is 11.3 Å². The standard InChI is InChI=1S/C16H26N4O2S/c1-11(2)8-18-16(22)20-6-4-5-13(10-20)7-14(21)19-15-9-17-12(3)23-15/h9,11,13H,4-8,10H2,1-3H3,(H,18,22)(H,19,21).